The smallest absolute Gasteiger partial charge is 0.394 e. The van der Waals surface area contributed by atoms with Crippen molar-refractivity contribution < 1.29 is 18.0 Å². The van der Waals surface area contributed by atoms with Crippen molar-refractivity contribution in [2.45, 2.75) is 19.1 Å². The van der Waals surface area contributed by atoms with Gasteiger partial charge in [-0.25, -0.2) is 4.98 Å². The zero-order valence-corrected chi connectivity index (χ0v) is 14.8. The minimum absolute atomic E-state index is 0. The third-order valence-corrected chi connectivity index (χ3v) is 3.07. The van der Waals surface area contributed by atoms with Gasteiger partial charge in [0.2, 0.25) is 0 Å². The number of benzene rings is 1. The van der Waals surface area contributed by atoms with Gasteiger partial charge in [0.25, 0.3) is 0 Å². The summed E-state index contributed by atoms with van der Waals surface area (Å²) in [4.78, 5) is 8.97. The van der Waals surface area contributed by atoms with Gasteiger partial charge in [0.15, 0.2) is 0 Å². The summed E-state index contributed by atoms with van der Waals surface area (Å²) >= 11 is 0. The quantitative estimate of drug-likeness (QED) is 0.440. The zero-order chi connectivity index (χ0) is 16.7. The van der Waals surface area contributed by atoms with Crippen molar-refractivity contribution in [1.29, 1.82) is 0 Å². The van der Waals surface area contributed by atoms with Gasteiger partial charge in [0.1, 0.15) is 6.61 Å². The first-order valence-electron chi connectivity index (χ1n) is 7.03. The lowest BCUT2D eigenvalue weighted by molar-refractivity contribution is -0.137. The van der Waals surface area contributed by atoms with E-state index in [0.717, 1.165) is 12.1 Å². The lowest BCUT2D eigenvalue weighted by Gasteiger charge is -2.11. The van der Waals surface area contributed by atoms with Crippen LogP contribution in [0.2, 0.25) is 0 Å². The van der Waals surface area contributed by atoms with E-state index >= 15 is 0 Å². The summed E-state index contributed by atoms with van der Waals surface area (Å²) in [6.07, 6.45) is 1.03. The monoisotopic (exact) mass is 398 g/mol. The molecular formula is C15H19Cl2F3N4O. The van der Waals surface area contributed by atoms with Crippen LogP contribution in [0.25, 0.3) is 0 Å². The molecule has 0 amide bonds. The Bertz CT molecular complexity index is 648. The fourth-order valence-corrected chi connectivity index (χ4v) is 1.95. The van der Waals surface area contributed by atoms with Crippen molar-refractivity contribution in [3.05, 3.63) is 54.1 Å². The summed E-state index contributed by atoms with van der Waals surface area (Å²) in [5, 5.41) is 3.94. The fraction of sp³-hybridized carbons (Fsp3) is 0.333. The van der Waals surface area contributed by atoms with Gasteiger partial charge in [0.05, 0.1) is 17.6 Å². The Balaban J connectivity index is 0.00000288. The molecule has 0 bridgehead atoms. The van der Waals surface area contributed by atoms with Crippen LogP contribution in [0.15, 0.2) is 48.1 Å². The Hall–Kier alpha value is -1.77. The molecule has 0 aliphatic carbocycles. The van der Waals surface area contributed by atoms with E-state index in [1.54, 1.807) is 24.8 Å². The predicted octanol–water partition coefficient (Wildman–Crippen LogP) is 3.52. The zero-order valence-electron chi connectivity index (χ0n) is 13.1. The van der Waals surface area contributed by atoms with Crippen molar-refractivity contribution >= 4 is 30.5 Å². The molecule has 1 heterocycles. The van der Waals surface area contributed by atoms with E-state index in [9.17, 15) is 13.2 Å². The van der Waals surface area contributed by atoms with Gasteiger partial charge in [-0.15, -0.1) is 24.8 Å². The van der Waals surface area contributed by atoms with Crippen LogP contribution in [-0.4, -0.2) is 28.4 Å². The van der Waals surface area contributed by atoms with E-state index in [0.29, 0.717) is 24.2 Å². The van der Waals surface area contributed by atoms with Gasteiger partial charge in [-0.2, -0.15) is 13.2 Å². The highest BCUT2D eigenvalue weighted by molar-refractivity contribution is 6.00. The minimum atomic E-state index is -4.40. The van der Waals surface area contributed by atoms with Crippen molar-refractivity contribution in [3.8, 4) is 0 Å². The van der Waals surface area contributed by atoms with Crippen LogP contribution in [-0.2, 0) is 17.6 Å². The molecule has 0 radical (unpaired) electrons. The summed E-state index contributed by atoms with van der Waals surface area (Å²) in [6.45, 7) is 1.01. The van der Waals surface area contributed by atoms with Crippen LogP contribution >= 0.6 is 24.8 Å². The first-order chi connectivity index (χ1) is 11.0. The Kier molecular flexibility index (Phi) is 10.2. The molecule has 1 aromatic carbocycles. The van der Waals surface area contributed by atoms with Crippen LogP contribution in [0.3, 0.4) is 0 Å². The summed E-state index contributed by atoms with van der Waals surface area (Å²) in [7, 11) is 0. The highest BCUT2D eigenvalue weighted by Crippen LogP contribution is 2.29. The topological polar surface area (TPSA) is 65.4 Å². The number of hydrogen-bond donors (Lipinski definition) is 1. The molecule has 0 fully saturated rings. The lowest BCUT2D eigenvalue weighted by Crippen LogP contribution is -2.12. The van der Waals surface area contributed by atoms with E-state index < -0.39 is 11.7 Å². The Morgan fingerprint density at radius 1 is 1.28 bits per heavy atom. The number of halogens is 5. The molecule has 2 N–H and O–H groups in total. The summed E-state index contributed by atoms with van der Waals surface area (Å²) in [5.74, 6) is 0. The van der Waals surface area contributed by atoms with Crippen molar-refractivity contribution in [1.82, 2.24) is 9.55 Å². The maximum atomic E-state index is 12.8. The minimum Gasteiger partial charge on any atom is -0.394 e. The van der Waals surface area contributed by atoms with E-state index in [2.05, 4.69) is 10.1 Å². The summed E-state index contributed by atoms with van der Waals surface area (Å²) in [5.41, 5.74) is 5.41. The molecule has 25 heavy (non-hydrogen) atoms. The number of imidazole rings is 1. The first-order valence-corrected chi connectivity index (χ1v) is 7.03. The normalized spacial score (nSPS) is 11.4. The third kappa shape index (κ3) is 7.33. The van der Waals surface area contributed by atoms with Gasteiger partial charge < -0.3 is 15.1 Å². The Morgan fingerprint density at radius 3 is 2.64 bits per heavy atom. The molecule has 140 valence electrons. The number of aromatic nitrogens is 2. The molecule has 10 heteroatoms. The second-order valence-corrected chi connectivity index (χ2v) is 4.79. The third-order valence-electron chi connectivity index (χ3n) is 3.07. The lowest BCUT2D eigenvalue weighted by atomic mass is 10.0. The molecular weight excluding hydrogens is 380 g/mol. The van der Waals surface area contributed by atoms with Crippen LogP contribution in [0, 0.1) is 0 Å². The SMILES string of the molecule is Cl.Cl.NCCON=C(CCn1ccnc1)c1cccc(C(F)(F)F)c1. The number of alkyl halides is 3. The van der Waals surface area contributed by atoms with Crippen molar-refractivity contribution in [2.75, 3.05) is 13.2 Å². The van der Waals surface area contributed by atoms with Crippen LogP contribution < -0.4 is 5.73 Å². The molecule has 0 saturated heterocycles. The van der Waals surface area contributed by atoms with Crippen molar-refractivity contribution in [2.24, 2.45) is 10.9 Å². The van der Waals surface area contributed by atoms with E-state index in [1.807, 2.05) is 4.57 Å². The number of nitrogens with two attached hydrogens (primary N) is 1. The van der Waals surface area contributed by atoms with E-state index in [4.69, 9.17) is 10.6 Å². The molecule has 1 aromatic heterocycles. The molecule has 2 rings (SSSR count). The number of rotatable bonds is 7. The second kappa shape index (κ2) is 11.0. The molecule has 2 aromatic rings. The molecule has 0 aliphatic heterocycles. The number of nitrogens with zero attached hydrogens (tertiary/aromatic N) is 3. The maximum Gasteiger partial charge on any atom is 0.416 e. The van der Waals surface area contributed by atoms with Gasteiger partial charge in [0, 0.05) is 31.9 Å². The fourth-order valence-electron chi connectivity index (χ4n) is 1.95. The van der Waals surface area contributed by atoms with Gasteiger partial charge in [-0.3, -0.25) is 0 Å². The van der Waals surface area contributed by atoms with Crippen molar-refractivity contribution in [3.63, 3.8) is 0 Å². The molecule has 0 aliphatic rings. The molecule has 0 spiro atoms. The first kappa shape index (κ1) is 23.2. The number of aryl methyl sites for hydroxylation is 1. The average Bonchev–Trinajstić information content (AvgIpc) is 3.03. The maximum absolute atomic E-state index is 12.8. The highest BCUT2D eigenvalue weighted by atomic mass is 35.5. The Labute approximate surface area is 155 Å². The van der Waals surface area contributed by atoms with Gasteiger partial charge in [-0.05, 0) is 17.7 Å². The molecule has 0 unspecified atom stereocenters. The summed E-state index contributed by atoms with van der Waals surface area (Å²) < 4.78 is 40.4. The number of oxime groups is 1. The Morgan fingerprint density at radius 2 is 2.04 bits per heavy atom. The largest absolute Gasteiger partial charge is 0.416 e. The highest BCUT2D eigenvalue weighted by Gasteiger charge is 2.30. The van der Waals surface area contributed by atoms with Gasteiger partial charge in [-0.1, -0.05) is 17.3 Å². The van der Waals surface area contributed by atoms with Crippen LogP contribution in [0.4, 0.5) is 13.2 Å². The molecule has 0 saturated carbocycles. The molecule has 0 atom stereocenters. The van der Waals surface area contributed by atoms with Crippen LogP contribution in [0.1, 0.15) is 17.5 Å². The predicted molar refractivity (Wildman–Crippen MR) is 94.3 cm³/mol. The van der Waals surface area contributed by atoms with Gasteiger partial charge >= 0.3 is 6.18 Å². The van der Waals surface area contributed by atoms with E-state index in [-0.39, 0.29) is 38.0 Å². The summed E-state index contributed by atoms with van der Waals surface area (Å²) in [6, 6.07) is 5.03. The average molecular weight is 399 g/mol. The molecule has 5 nitrogen and oxygen atoms in total. The van der Waals surface area contributed by atoms with Crippen LogP contribution in [0.5, 0.6) is 0 Å². The standard InChI is InChI=1S/C15H17F3N4O.2ClH/c16-15(17,18)13-3-1-2-12(10-13)14(21-23-9-5-19)4-7-22-8-6-20-11-22;;/h1-3,6,8,10-11H,4-5,7,9,19H2;2*1H. The second-order valence-electron chi connectivity index (χ2n) is 4.79. The number of hydrogen-bond acceptors (Lipinski definition) is 4. The van der Waals surface area contributed by atoms with E-state index in [1.165, 1.54) is 6.07 Å².